The zero-order valence-corrected chi connectivity index (χ0v) is 13.5. The number of fused-ring (bicyclic) bond motifs is 1. The standard InChI is InChI=1S/C18H19N3O2/c1-4-21-15-8-6-5-7-14(15)20-18(21)19-12-13-9-10-16(22-2)17(11-13)23-3/h5-12H,4H2,1-3H3/b19-12+. The minimum Gasteiger partial charge on any atom is -0.493 e. The molecule has 0 unspecified atom stereocenters. The third-order valence-corrected chi connectivity index (χ3v) is 3.69. The van der Waals surface area contributed by atoms with Crippen molar-refractivity contribution in [2.75, 3.05) is 14.2 Å². The van der Waals surface area contributed by atoms with Crippen LogP contribution in [0.4, 0.5) is 5.95 Å². The Balaban J connectivity index is 1.97. The topological polar surface area (TPSA) is 48.6 Å². The molecule has 0 radical (unpaired) electrons. The Labute approximate surface area is 135 Å². The van der Waals surface area contributed by atoms with E-state index in [-0.39, 0.29) is 0 Å². The van der Waals surface area contributed by atoms with Gasteiger partial charge in [-0.05, 0) is 42.8 Å². The van der Waals surface area contributed by atoms with Gasteiger partial charge >= 0.3 is 0 Å². The van der Waals surface area contributed by atoms with Gasteiger partial charge in [-0.3, -0.25) is 0 Å². The van der Waals surface area contributed by atoms with Crippen LogP contribution in [0, 0.1) is 0 Å². The first kappa shape index (κ1) is 15.1. The van der Waals surface area contributed by atoms with E-state index in [1.807, 2.05) is 36.4 Å². The van der Waals surface area contributed by atoms with Crippen LogP contribution in [0.25, 0.3) is 11.0 Å². The second-order valence-corrected chi connectivity index (χ2v) is 5.02. The number of hydrogen-bond acceptors (Lipinski definition) is 4. The maximum atomic E-state index is 5.31. The molecule has 0 amide bonds. The van der Waals surface area contributed by atoms with Crippen molar-refractivity contribution in [3.8, 4) is 11.5 Å². The first-order chi connectivity index (χ1) is 11.3. The summed E-state index contributed by atoms with van der Waals surface area (Å²) >= 11 is 0. The smallest absolute Gasteiger partial charge is 0.230 e. The third-order valence-electron chi connectivity index (χ3n) is 3.69. The Bertz CT molecular complexity index is 853. The number of hydrogen-bond donors (Lipinski definition) is 0. The fraction of sp³-hybridized carbons (Fsp3) is 0.222. The number of benzene rings is 2. The Morgan fingerprint density at radius 2 is 1.87 bits per heavy atom. The maximum absolute atomic E-state index is 5.31. The summed E-state index contributed by atoms with van der Waals surface area (Å²) in [7, 11) is 3.24. The van der Waals surface area contributed by atoms with Gasteiger partial charge in [0.05, 0.1) is 25.3 Å². The van der Waals surface area contributed by atoms with Crippen molar-refractivity contribution in [3.63, 3.8) is 0 Å². The van der Waals surface area contributed by atoms with E-state index in [0.717, 1.165) is 23.1 Å². The number of aromatic nitrogens is 2. The third kappa shape index (κ3) is 2.90. The highest BCUT2D eigenvalue weighted by Gasteiger charge is 2.08. The first-order valence-electron chi connectivity index (χ1n) is 7.48. The van der Waals surface area contributed by atoms with Crippen molar-refractivity contribution in [2.45, 2.75) is 13.5 Å². The van der Waals surface area contributed by atoms with Gasteiger partial charge < -0.3 is 14.0 Å². The summed E-state index contributed by atoms with van der Waals surface area (Å²) in [5.41, 5.74) is 2.97. The normalized spacial score (nSPS) is 11.3. The van der Waals surface area contributed by atoms with Crippen molar-refractivity contribution < 1.29 is 9.47 Å². The number of ether oxygens (including phenoxy) is 2. The molecule has 2 aromatic carbocycles. The molecule has 0 fully saturated rings. The van der Waals surface area contributed by atoms with E-state index >= 15 is 0 Å². The van der Waals surface area contributed by atoms with Crippen LogP contribution in [-0.4, -0.2) is 30.0 Å². The van der Waals surface area contributed by atoms with Crippen LogP contribution in [0.5, 0.6) is 11.5 Å². The van der Waals surface area contributed by atoms with Gasteiger partial charge in [-0.2, -0.15) is 0 Å². The predicted octanol–water partition coefficient (Wildman–Crippen LogP) is 3.82. The van der Waals surface area contributed by atoms with Gasteiger partial charge in [-0.1, -0.05) is 12.1 Å². The second-order valence-electron chi connectivity index (χ2n) is 5.02. The average Bonchev–Trinajstić information content (AvgIpc) is 2.97. The molecule has 118 valence electrons. The van der Waals surface area contributed by atoms with E-state index in [1.165, 1.54) is 0 Å². The fourth-order valence-electron chi connectivity index (χ4n) is 2.54. The van der Waals surface area contributed by atoms with Crippen molar-refractivity contribution in [2.24, 2.45) is 4.99 Å². The van der Waals surface area contributed by atoms with Crippen LogP contribution in [0.3, 0.4) is 0 Å². The molecular weight excluding hydrogens is 290 g/mol. The number of nitrogens with zero attached hydrogens (tertiary/aromatic N) is 3. The van der Waals surface area contributed by atoms with Crippen molar-refractivity contribution in [1.82, 2.24) is 9.55 Å². The number of aryl methyl sites for hydroxylation is 1. The first-order valence-corrected chi connectivity index (χ1v) is 7.48. The van der Waals surface area contributed by atoms with Gasteiger partial charge in [-0.15, -0.1) is 0 Å². The summed E-state index contributed by atoms with van der Waals surface area (Å²) in [6, 6.07) is 13.7. The highest BCUT2D eigenvalue weighted by molar-refractivity contribution is 5.84. The second kappa shape index (κ2) is 6.52. The SMILES string of the molecule is CCn1c(/N=C/c2ccc(OC)c(OC)c2)nc2ccccc21. The summed E-state index contributed by atoms with van der Waals surface area (Å²) in [6.45, 7) is 2.91. The number of aliphatic imine (C=N–C) groups is 1. The van der Waals surface area contributed by atoms with Gasteiger partial charge in [0.25, 0.3) is 0 Å². The average molecular weight is 309 g/mol. The molecule has 0 bridgehead atoms. The van der Waals surface area contributed by atoms with Gasteiger partial charge in [0.2, 0.25) is 5.95 Å². The Morgan fingerprint density at radius 1 is 1.09 bits per heavy atom. The summed E-state index contributed by atoms with van der Waals surface area (Å²) in [5.74, 6) is 2.08. The lowest BCUT2D eigenvalue weighted by atomic mass is 10.2. The molecule has 1 aromatic heterocycles. The monoisotopic (exact) mass is 309 g/mol. The quantitative estimate of drug-likeness (QED) is 0.673. The predicted molar refractivity (Wildman–Crippen MR) is 92.2 cm³/mol. The fourth-order valence-corrected chi connectivity index (χ4v) is 2.54. The minimum absolute atomic E-state index is 0.681. The summed E-state index contributed by atoms with van der Waals surface area (Å²) in [6.07, 6.45) is 1.79. The molecule has 5 heteroatoms. The minimum atomic E-state index is 0.681. The van der Waals surface area contributed by atoms with E-state index in [0.29, 0.717) is 17.4 Å². The van der Waals surface area contributed by atoms with Gasteiger partial charge in [0.1, 0.15) is 0 Å². The molecule has 0 saturated carbocycles. The maximum Gasteiger partial charge on any atom is 0.230 e. The van der Waals surface area contributed by atoms with Crippen molar-refractivity contribution >= 4 is 23.2 Å². The number of imidazole rings is 1. The highest BCUT2D eigenvalue weighted by Crippen LogP contribution is 2.27. The number of rotatable bonds is 5. The lowest BCUT2D eigenvalue weighted by Crippen LogP contribution is -1.94. The van der Waals surface area contributed by atoms with Crippen LogP contribution >= 0.6 is 0 Å². The van der Waals surface area contributed by atoms with Crippen molar-refractivity contribution in [1.29, 1.82) is 0 Å². The van der Waals surface area contributed by atoms with Crippen LogP contribution in [0.15, 0.2) is 47.5 Å². The molecule has 3 rings (SSSR count). The molecule has 1 heterocycles. The Morgan fingerprint density at radius 3 is 2.61 bits per heavy atom. The summed E-state index contributed by atoms with van der Waals surface area (Å²) in [4.78, 5) is 9.13. The Kier molecular flexibility index (Phi) is 4.28. The lowest BCUT2D eigenvalue weighted by Gasteiger charge is -2.07. The molecule has 0 atom stereocenters. The van der Waals surface area contributed by atoms with Gasteiger partial charge in [-0.25, -0.2) is 9.98 Å². The molecule has 0 N–H and O–H groups in total. The molecule has 23 heavy (non-hydrogen) atoms. The van der Waals surface area contributed by atoms with E-state index in [4.69, 9.17) is 9.47 Å². The van der Waals surface area contributed by atoms with E-state index in [2.05, 4.69) is 27.5 Å². The number of methoxy groups -OCH3 is 2. The van der Waals surface area contributed by atoms with Crippen LogP contribution in [0.1, 0.15) is 12.5 Å². The lowest BCUT2D eigenvalue weighted by molar-refractivity contribution is 0.355. The molecule has 3 aromatic rings. The van der Waals surface area contributed by atoms with E-state index in [1.54, 1.807) is 20.4 Å². The molecule has 0 aliphatic heterocycles. The zero-order chi connectivity index (χ0) is 16.2. The van der Waals surface area contributed by atoms with Gasteiger partial charge in [0, 0.05) is 12.8 Å². The Hall–Kier alpha value is -2.82. The molecule has 0 aliphatic rings. The molecule has 0 spiro atoms. The van der Waals surface area contributed by atoms with Crippen LogP contribution in [0.2, 0.25) is 0 Å². The molecular formula is C18H19N3O2. The molecule has 0 aliphatic carbocycles. The van der Waals surface area contributed by atoms with Crippen molar-refractivity contribution in [3.05, 3.63) is 48.0 Å². The van der Waals surface area contributed by atoms with E-state index in [9.17, 15) is 0 Å². The zero-order valence-electron chi connectivity index (χ0n) is 13.5. The number of para-hydroxylation sites is 2. The van der Waals surface area contributed by atoms with Crippen LogP contribution in [-0.2, 0) is 6.54 Å². The highest BCUT2D eigenvalue weighted by atomic mass is 16.5. The summed E-state index contributed by atoms with van der Waals surface area (Å²) < 4.78 is 12.6. The van der Waals surface area contributed by atoms with Crippen LogP contribution < -0.4 is 9.47 Å². The molecule has 0 saturated heterocycles. The molecule has 5 nitrogen and oxygen atoms in total. The largest absolute Gasteiger partial charge is 0.493 e. The van der Waals surface area contributed by atoms with E-state index < -0.39 is 0 Å². The van der Waals surface area contributed by atoms with Gasteiger partial charge in [0.15, 0.2) is 11.5 Å². The summed E-state index contributed by atoms with van der Waals surface area (Å²) in [5, 5.41) is 0.